The number of aromatic nitrogens is 5. The number of pyridine rings is 1. The third-order valence-corrected chi connectivity index (χ3v) is 5.02. The van der Waals surface area contributed by atoms with Crippen LogP contribution in [0.25, 0.3) is 16.7 Å². The van der Waals surface area contributed by atoms with E-state index >= 15 is 0 Å². The van der Waals surface area contributed by atoms with Gasteiger partial charge >= 0.3 is 0 Å². The number of H-pyrrole nitrogens is 1. The van der Waals surface area contributed by atoms with Crippen molar-refractivity contribution >= 4 is 17.0 Å². The van der Waals surface area contributed by atoms with E-state index in [2.05, 4.69) is 26.0 Å². The SMILES string of the molecule is O=c1[nH]c(N2CCCC2c2cccnc2)nc2c1cnn2-c1ccccc1. The predicted molar refractivity (Wildman–Crippen MR) is 103 cm³/mol. The summed E-state index contributed by atoms with van der Waals surface area (Å²) < 4.78 is 1.71. The first-order valence-corrected chi connectivity index (χ1v) is 9.01. The molecule has 1 aliphatic rings. The maximum Gasteiger partial charge on any atom is 0.263 e. The average molecular weight is 358 g/mol. The first-order valence-electron chi connectivity index (χ1n) is 9.01. The van der Waals surface area contributed by atoms with Gasteiger partial charge in [-0.3, -0.25) is 14.8 Å². The van der Waals surface area contributed by atoms with E-state index in [9.17, 15) is 4.79 Å². The summed E-state index contributed by atoms with van der Waals surface area (Å²) in [6.45, 7) is 0.841. The van der Waals surface area contributed by atoms with Gasteiger partial charge in [-0.05, 0) is 36.6 Å². The van der Waals surface area contributed by atoms with Crippen LogP contribution in [0.4, 0.5) is 5.95 Å². The number of anilines is 1. The minimum Gasteiger partial charge on any atom is -0.335 e. The van der Waals surface area contributed by atoms with Crippen molar-refractivity contribution in [2.45, 2.75) is 18.9 Å². The Morgan fingerprint density at radius 2 is 1.96 bits per heavy atom. The van der Waals surface area contributed by atoms with Gasteiger partial charge in [-0.1, -0.05) is 24.3 Å². The van der Waals surface area contributed by atoms with E-state index in [0.29, 0.717) is 17.0 Å². The zero-order chi connectivity index (χ0) is 18.2. The predicted octanol–water partition coefficient (Wildman–Crippen LogP) is 2.85. The van der Waals surface area contributed by atoms with Crippen molar-refractivity contribution in [3.8, 4) is 5.69 Å². The molecule has 134 valence electrons. The van der Waals surface area contributed by atoms with Gasteiger partial charge in [0.25, 0.3) is 5.56 Å². The molecule has 7 heteroatoms. The fraction of sp³-hybridized carbons (Fsp3) is 0.200. The smallest absolute Gasteiger partial charge is 0.263 e. The summed E-state index contributed by atoms with van der Waals surface area (Å²) in [6.07, 6.45) is 7.27. The van der Waals surface area contributed by atoms with Crippen molar-refractivity contribution in [1.82, 2.24) is 24.7 Å². The number of hydrogen-bond acceptors (Lipinski definition) is 5. The van der Waals surface area contributed by atoms with Gasteiger partial charge in [-0.2, -0.15) is 10.1 Å². The molecule has 1 unspecified atom stereocenters. The zero-order valence-corrected chi connectivity index (χ0v) is 14.6. The topological polar surface area (TPSA) is 79.7 Å². The maximum absolute atomic E-state index is 12.7. The lowest BCUT2D eigenvalue weighted by Crippen LogP contribution is -2.27. The zero-order valence-electron chi connectivity index (χ0n) is 14.6. The molecule has 5 rings (SSSR count). The van der Waals surface area contributed by atoms with Crippen LogP contribution in [0.1, 0.15) is 24.4 Å². The lowest BCUT2D eigenvalue weighted by atomic mass is 10.1. The molecule has 0 aliphatic carbocycles. The highest BCUT2D eigenvalue weighted by Gasteiger charge is 2.28. The number of rotatable bonds is 3. The number of nitrogens with zero attached hydrogens (tertiary/aromatic N) is 5. The molecule has 1 fully saturated rings. The van der Waals surface area contributed by atoms with Gasteiger partial charge in [-0.15, -0.1) is 0 Å². The van der Waals surface area contributed by atoms with Gasteiger partial charge in [0, 0.05) is 18.9 Å². The minimum absolute atomic E-state index is 0.160. The second kappa shape index (κ2) is 6.35. The fourth-order valence-corrected chi connectivity index (χ4v) is 3.74. The summed E-state index contributed by atoms with van der Waals surface area (Å²) in [7, 11) is 0. The molecule has 27 heavy (non-hydrogen) atoms. The van der Waals surface area contributed by atoms with Crippen LogP contribution >= 0.6 is 0 Å². The van der Waals surface area contributed by atoms with Crippen LogP contribution in [0.2, 0.25) is 0 Å². The van der Waals surface area contributed by atoms with E-state index in [4.69, 9.17) is 4.98 Å². The van der Waals surface area contributed by atoms with Gasteiger partial charge in [0.1, 0.15) is 5.39 Å². The van der Waals surface area contributed by atoms with Crippen molar-refractivity contribution in [2.75, 3.05) is 11.4 Å². The second-order valence-electron chi connectivity index (χ2n) is 6.66. The van der Waals surface area contributed by atoms with Crippen molar-refractivity contribution in [1.29, 1.82) is 0 Å². The molecular formula is C20H18N6O. The Morgan fingerprint density at radius 3 is 2.78 bits per heavy atom. The highest BCUT2D eigenvalue weighted by atomic mass is 16.1. The van der Waals surface area contributed by atoms with E-state index in [0.717, 1.165) is 30.6 Å². The number of hydrogen-bond donors (Lipinski definition) is 1. The summed E-state index contributed by atoms with van der Waals surface area (Å²) >= 11 is 0. The quantitative estimate of drug-likeness (QED) is 0.609. The van der Waals surface area contributed by atoms with Crippen LogP contribution in [0.5, 0.6) is 0 Å². The Balaban J connectivity index is 1.63. The monoisotopic (exact) mass is 358 g/mol. The molecule has 4 heterocycles. The molecule has 4 aromatic rings. The molecule has 1 N–H and O–H groups in total. The average Bonchev–Trinajstić information content (AvgIpc) is 3.37. The molecule has 1 aliphatic heterocycles. The number of nitrogens with one attached hydrogen (secondary N) is 1. The Hall–Kier alpha value is -3.48. The van der Waals surface area contributed by atoms with Crippen LogP contribution in [-0.2, 0) is 0 Å². The summed E-state index contributed by atoms with van der Waals surface area (Å²) in [6, 6.07) is 13.9. The molecule has 3 aromatic heterocycles. The third-order valence-electron chi connectivity index (χ3n) is 5.02. The summed E-state index contributed by atoms with van der Waals surface area (Å²) in [4.78, 5) is 26.8. The molecule has 1 saturated heterocycles. The number of para-hydroxylation sites is 1. The van der Waals surface area contributed by atoms with Crippen LogP contribution < -0.4 is 10.5 Å². The number of fused-ring (bicyclic) bond motifs is 1. The molecule has 0 saturated carbocycles. The maximum atomic E-state index is 12.7. The molecule has 7 nitrogen and oxygen atoms in total. The standard InChI is InChI=1S/C20H18N6O/c27-19-16-13-22-26(15-7-2-1-3-8-15)18(16)23-20(24-19)25-11-5-9-17(25)14-6-4-10-21-12-14/h1-4,6-8,10,12-13,17H,5,9,11H2,(H,23,24,27). The summed E-state index contributed by atoms with van der Waals surface area (Å²) in [5.74, 6) is 0.580. The van der Waals surface area contributed by atoms with Crippen molar-refractivity contribution in [2.24, 2.45) is 0 Å². The second-order valence-corrected chi connectivity index (χ2v) is 6.66. The van der Waals surface area contributed by atoms with Crippen molar-refractivity contribution in [3.05, 3.63) is 77.0 Å². The van der Waals surface area contributed by atoms with Gasteiger partial charge in [0.05, 0.1) is 17.9 Å². The fourth-order valence-electron chi connectivity index (χ4n) is 3.74. The van der Waals surface area contributed by atoms with Gasteiger partial charge in [0.15, 0.2) is 5.65 Å². The Morgan fingerprint density at radius 1 is 1.07 bits per heavy atom. The highest BCUT2D eigenvalue weighted by molar-refractivity contribution is 5.76. The van der Waals surface area contributed by atoms with Crippen LogP contribution in [-0.4, -0.2) is 31.3 Å². The van der Waals surface area contributed by atoms with Crippen molar-refractivity contribution in [3.63, 3.8) is 0 Å². The van der Waals surface area contributed by atoms with Gasteiger partial charge in [-0.25, -0.2) is 4.68 Å². The molecule has 0 radical (unpaired) electrons. The molecule has 0 bridgehead atoms. The molecule has 0 spiro atoms. The van der Waals surface area contributed by atoms with Crippen LogP contribution in [0.3, 0.4) is 0 Å². The molecule has 0 amide bonds. The van der Waals surface area contributed by atoms with E-state index in [1.165, 1.54) is 0 Å². The van der Waals surface area contributed by atoms with E-state index in [-0.39, 0.29) is 11.6 Å². The summed E-state index contributed by atoms with van der Waals surface area (Å²) in [5, 5.41) is 4.86. The van der Waals surface area contributed by atoms with E-state index < -0.39 is 0 Å². The highest BCUT2D eigenvalue weighted by Crippen LogP contribution is 2.34. The van der Waals surface area contributed by atoms with E-state index in [1.54, 1.807) is 17.1 Å². The first-order chi connectivity index (χ1) is 13.3. The third kappa shape index (κ3) is 2.68. The molecule has 1 atom stereocenters. The normalized spacial score (nSPS) is 16.9. The number of benzene rings is 1. The Labute approximate surface area is 155 Å². The Kier molecular flexibility index (Phi) is 3.71. The van der Waals surface area contributed by atoms with Crippen LogP contribution in [0, 0.1) is 0 Å². The minimum atomic E-state index is -0.172. The van der Waals surface area contributed by atoms with Gasteiger partial charge < -0.3 is 4.90 Å². The number of aromatic amines is 1. The summed E-state index contributed by atoms with van der Waals surface area (Å²) in [5.41, 5.74) is 2.40. The Bertz CT molecular complexity index is 1140. The van der Waals surface area contributed by atoms with Gasteiger partial charge in [0.2, 0.25) is 5.95 Å². The lowest BCUT2D eigenvalue weighted by molar-refractivity contribution is 0.698. The van der Waals surface area contributed by atoms with Crippen molar-refractivity contribution < 1.29 is 0 Å². The van der Waals surface area contributed by atoms with Crippen LogP contribution in [0.15, 0.2) is 65.8 Å². The largest absolute Gasteiger partial charge is 0.335 e. The first kappa shape index (κ1) is 15.7. The lowest BCUT2D eigenvalue weighted by Gasteiger charge is -2.25. The van der Waals surface area contributed by atoms with E-state index in [1.807, 2.05) is 42.6 Å². The molecule has 1 aromatic carbocycles. The molecular weight excluding hydrogens is 340 g/mol.